The van der Waals surface area contributed by atoms with E-state index in [2.05, 4.69) is 26.8 Å². The summed E-state index contributed by atoms with van der Waals surface area (Å²) in [7, 11) is 0. The van der Waals surface area contributed by atoms with E-state index in [1.165, 1.54) is 10.5 Å². The number of carbonyl (C=O) groups excluding carboxylic acids is 2. The molecule has 1 aliphatic heterocycles. The van der Waals surface area contributed by atoms with Crippen molar-refractivity contribution in [3.8, 4) is 0 Å². The van der Waals surface area contributed by atoms with Crippen LogP contribution in [0.3, 0.4) is 0 Å². The molecule has 0 radical (unpaired) electrons. The lowest BCUT2D eigenvalue weighted by Gasteiger charge is -2.68. The summed E-state index contributed by atoms with van der Waals surface area (Å²) in [5.74, 6) is -0.679. The highest BCUT2D eigenvalue weighted by atomic mass is 16.4. The molecule has 2 bridgehead atoms. The normalized spacial score (nSPS) is 43.2. The van der Waals surface area contributed by atoms with E-state index in [0.717, 1.165) is 44.1 Å². The fourth-order valence-corrected chi connectivity index (χ4v) is 9.98. The molecule has 0 aromatic heterocycles. The molecule has 192 valence electrons. The molecule has 2 amide bonds. The predicted octanol–water partition coefficient (Wildman–Crippen LogP) is 6.01. The number of imide groups is 1. The van der Waals surface area contributed by atoms with Crippen LogP contribution >= 0.6 is 0 Å². The van der Waals surface area contributed by atoms with Crippen molar-refractivity contribution in [1.82, 2.24) is 0 Å². The van der Waals surface area contributed by atoms with Crippen LogP contribution in [-0.2, 0) is 14.4 Å². The lowest BCUT2D eigenvalue weighted by Crippen LogP contribution is -2.65. The van der Waals surface area contributed by atoms with Gasteiger partial charge in [0.05, 0.1) is 22.9 Å². The molecule has 36 heavy (non-hydrogen) atoms. The molecule has 1 heterocycles. The van der Waals surface area contributed by atoms with Gasteiger partial charge in [0, 0.05) is 5.41 Å². The van der Waals surface area contributed by atoms with E-state index in [4.69, 9.17) is 0 Å². The van der Waals surface area contributed by atoms with Crippen molar-refractivity contribution in [3.63, 3.8) is 0 Å². The number of benzene rings is 1. The van der Waals surface area contributed by atoms with Gasteiger partial charge < -0.3 is 5.11 Å². The Hall–Kier alpha value is -2.43. The molecule has 1 saturated heterocycles. The number of anilines is 1. The Morgan fingerprint density at radius 1 is 1.08 bits per heavy atom. The van der Waals surface area contributed by atoms with E-state index in [1.807, 2.05) is 38.1 Å². The number of aryl methyl sites for hydroxylation is 1. The number of nitrogens with zero attached hydrogens (tertiary/aromatic N) is 1. The zero-order valence-electron chi connectivity index (χ0n) is 22.2. The second-order valence-electron chi connectivity index (χ2n) is 13.3. The molecule has 3 saturated carbocycles. The van der Waals surface area contributed by atoms with Crippen molar-refractivity contribution >= 4 is 23.5 Å². The third kappa shape index (κ3) is 2.80. The molecular formula is C31H39NO4. The second kappa shape index (κ2) is 7.55. The Balaban J connectivity index is 1.50. The van der Waals surface area contributed by atoms with Crippen LogP contribution in [0.4, 0.5) is 5.69 Å². The van der Waals surface area contributed by atoms with Gasteiger partial charge in [-0.25, -0.2) is 4.90 Å². The average Bonchev–Trinajstić information content (AvgIpc) is 3.10. The van der Waals surface area contributed by atoms with Crippen LogP contribution < -0.4 is 4.90 Å². The van der Waals surface area contributed by atoms with E-state index < -0.39 is 11.4 Å². The molecule has 4 fully saturated rings. The van der Waals surface area contributed by atoms with E-state index in [-0.39, 0.29) is 52.2 Å². The molecule has 1 aromatic rings. The Kier molecular flexibility index (Phi) is 5.02. The van der Waals surface area contributed by atoms with Gasteiger partial charge in [0.2, 0.25) is 11.8 Å². The number of hydrogen-bond donors (Lipinski definition) is 1. The maximum absolute atomic E-state index is 14.3. The fourth-order valence-electron chi connectivity index (χ4n) is 9.98. The van der Waals surface area contributed by atoms with Gasteiger partial charge in [-0.05, 0) is 92.7 Å². The monoisotopic (exact) mass is 489 g/mol. The summed E-state index contributed by atoms with van der Waals surface area (Å²) in [6.45, 7) is 10.7. The van der Waals surface area contributed by atoms with E-state index in [1.54, 1.807) is 0 Å². The molecular weight excluding hydrogens is 450 g/mol. The quantitative estimate of drug-likeness (QED) is 0.417. The Labute approximate surface area is 214 Å². The maximum Gasteiger partial charge on any atom is 0.309 e. The van der Waals surface area contributed by atoms with Gasteiger partial charge in [-0.15, -0.1) is 0 Å². The highest BCUT2D eigenvalue weighted by Gasteiger charge is 2.73. The second-order valence-corrected chi connectivity index (χ2v) is 13.3. The lowest BCUT2D eigenvalue weighted by atomic mass is 9.34. The summed E-state index contributed by atoms with van der Waals surface area (Å²) < 4.78 is 0. The number of fused-ring (bicyclic) bond motifs is 1. The van der Waals surface area contributed by atoms with Crippen LogP contribution in [0.25, 0.3) is 0 Å². The number of carboxylic acids is 1. The molecule has 5 heteroatoms. The fraction of sp³-hybridized carbons (Fsp3) is 0.645. The van der Waals surface area contributed by atoms with Crippen molar-refractivity contribution in [2.24, 2.45) is 51.8 Å². The first-order chi connectivity index (χ1) is 17.0. The molecule has 1 spiro atoms. The third-order valence-corrected chi connectivity index (χ3v) is 11.4. The third-order valence-electron chi connectivity index (χ3n) is 11.4. The topological polar surface area (TPSA) is 74.7 Å². The van der Waals surface area contributed by atoms with Crippen molar-refractivity contribution < 1.29 is 19.5 Å². The van der Waals surface area contributed by atoms with Crippen LogP contribution in [0.5, 0.6) is 0 Å². The summed E-state index contributed by atoms with van der Waals surface area (Å²) in [5.41, 5.74) is 1.83. The SMILES string of the molecule is Cc1cccc(N2C(=O)[C@@H]3[C@H]4C[C@@H]5[C@]6(C)CCC[C@](C)(C(=O)O)[C@@H]6CC[C@@]5(C=C4C(C)C)[C@H]3C2=O)c1. The van der Waals surface area contributed by atoms with Gasteiger partial charge in [0.1, 0.15) is 0 Å². The standard InChI is InChI=1S/C31H39NO4/c1-17(2)21-16-31-13-10-22-29(4,11-7-12-30(22,5)28(35)36)23(31)15-20(21)24-25(31)27(34)32(26(24)33)19-9-6-8-18(3)14-19/h6,8-9,14,16-17,20,22-25H,7,10-13,15H2,1-5H3,(H,35,36)/t20-,22+,23+,24+,25+,29+,30-,31-/m0/s1. The van der Waals surface area contributed by atoms with E-state index in [0.29, 0.717) is 11.6 Å². The maximum atomic E-state index is 14.3. The minimum Gasteiger partial charge on any atom is -0.481 e. The zero-order chi connectivity index (χ0) is 25.8. The van der Waals surface area contributed by atoms with E-state index in [9.17, 15) is 19.5 Å². The Bertz CT molecular complexity index is 1200. The molecule has 6 aliphatic rings. The smallest absolute Gasteiger partial charge is 0.309 e. The van der Waals surface area contributed by atoms with Crippen molar-refractivity contribution in [2.75, 3.05) is 4.90 Å². The van der Waals surface area contributed by atoms with Crippen LogP contribution in [0.2, 0.25) is 0 Å². The highest BCUT2D eigenvalue weighted by Crippen LogP contribution is 2.74. The zero-order valence-corrected chi connectivity index (χ0v) is 22.2. The molecule has 5 aliphatic carbocycles. The first-order valence-corrected chi connectivity index (χ1v) is 13.9. The van der Waals surface area contributed by atoms with Gasteiger partial charge in [-0.1, -0.05) is 51.0 Å². The molecule has 5 nitrogen and oxygen atoms in total. The van der Waals surface area contributed by atoms with Crippen LogP contribution in [0.1, 0.15) is 71.8 Å². The summed E-state index contributed by atoms with van der Waals surface area (Å²) in [6, 6.07) is 7.73. The Morgan fingerprint density at radius 3 is 2.50 bits per heavy atom. The summed E-state index contributed by atoms with van der Waals surface area (Å²) in [6.07, 6.45) is 7.58. The minimum absolute atomic E-state index is 0.0315. The predicted molar refractivity (Wildman–Crippen MR) is 138 cm³/mol. The van der Waals surface area contributed by atoms with E-state index >= 15 is 0 Å². The van der Waals surface area contributed by atoms with Crippen LogP contribution in [-0.4, -0.2) is 22.9 Å². The summed E-state index contributed by atoms with van der Waals surface area (Å²) >= 11 is 0. The largest absolute Gasteiger partial charge is 0.481 e. The number of allylic oxidation sites excluding steroid dienone is 2. The number of aliphatic carboxylic acids is 1. The molecule has 1 aromatic carbocycles. The lowest BCUT2D eigenvalue weighted by molar-refractivity contribution is -0.194. The molecule has 0 unspecified atom stereocenters. The van der Waals surface area contributed by atoms with Crippen molar-refractivity contribution in [3.05, 3.63) is 41.5 Å². The number of amides is 2. The number of hydrogen-bond acceptors (Lipinski definition) is 3. The summed E-state index contributed by atoms with van der Waals surface area (Å²) in [4.78, 5) is 42.3. The number of carboxylic acid groups (broad SMARTS) is 1. The van der Waals surface area contributed by atoms with Crippen molar-refractivity contribution in [1.29, 1.82) is 0 Å². The highest BCUT2D eigenvalue weighted by molar-refractivity contribution is 6.23. The number of rotatable bonds is 3. The minimum atomic E-state index is -0.724. The van der Waals surface area contributed by atoms with Crippen molar-refractivity contribution in [2.45, 2.75) is 73.1 Å². The number of carbonyl (C=O) groups is 3. The molecule has 1 N–H and O–H groups in total. The van der Waals surface area contributed by atoms with Gasteiger partial charge in [0.15, 0.2) is 0 Å². The molecule has 7 rings (SSSR count). The average molecular weight is 490 g/mol. The van der Waals surface area contributed by atoms with Crippen LogP contribution in [0, 0.1) is 58.7 Å². The van der Waals surface area contributed by atoms with Gasteiger partial charge in [0.25, 0.3) is 0 Å². The first kappa shape index (κ1) is 23.9. The van der Waals surface area contributed by atoms with Gasteiger partial charge >= 0.3 is 5.97 Å². The first-order valence-electron chi connectivity index (χ1n) is 13.9. The van der Waals surface area contributed by atoms with Gasteiger partial charge in [-0.3, -0.25) is 14.4 Å². The van der Waals surface area contributed by atoms with Crippen LogP contribution in [0.15, 0.2) is 35.9 Å². The summed E-state index contributed by atoms with van der Waals surface area (Å²) in [5, 5.41) is 10.3. The Morgan fingerprint density at radius 2 is 1.83 bits per heavy atom. The van der Waals surface area contributed by atoms with Gasteiger partial charge in [-0.2, -0.15) is 0 Å². The molecule has 8 atom stereocenters.